The number of fused-ring (bicyclic) bond motifs is 6. The minimum Gasteiger partial charge on any atom is -0.444 e. The Morgan fingerprint density at radius 3 is 2.30 bits per heavy atom. The van der Waals surface area contributed by atoms with Crippen LogP contribution in [0.2, 0.25) is 0 Å². The number of rotatable bonds is 4. The van der Waals surface area contributed by atoms with Crippen LogP contribution in [0.1, 0.15) is 70.7 Å². The Bertz CT molecular complexity index is 1500. The van der Waals surface area contributed by atoms with Gasteiger partial charge in [0.25, 0.3) is 0 Å². The Hall–Kier alpha value is -3.20. The molecule has 0 saturated heterocycles. The van der Waals surface area contributed by atoms with Crippen molar-refractivity contribution in [3.63, 3.8) is 0 Å². The summed E-state index contributed by atoms with van der Waals surface area (Å²) in [6.45, 7) is 7.69. The zero-order valence-electron chi connectivity index (χ0n) is 21.8. The number of amides is 1. The number of hydrogen-bond acceptors (Lipinski definition) is 5. The summed E-state index contributed by atoms with van der Waals surface area (Å²) >= 11 is 0. The molecule has 194 valence electrons. The summed E-state index contributed by atoms with van der Waals surface area (Å²) in [5.74, 6) is 1.05. The molecule has 9 heteroatoms. The molecule has 3 aliphatic rings. The number of carbonyl (C=O) groups excluding carboxylic acids is 1. The molecule has 0 aliphatic heterocycles. The fourth-order valence-electron chi connectivity index (χ4n) is 6.09. The van der Waals surface area contributed by atoms with Crippen LogP contribution in [0.15, 0.2) is 53.8 Å². The maximum Gasteiger partial charge on any atom is 0.408 e. The standard InChI is InChI=1S/C28H33N5O3S/c1-19-5-7-21(8-6-19)37(35)32-16-9-22-23(32)29-17-20-18-30-24(33(20)22)27-10-13-28(14-11-27,15-12-27)31-25(34)36-26(2,3)4/h5-9,16-18H,10-15H2,1-4H3,(H,31,34)/p+1. The smallest absolute Gasteiger partial charge is 0.408 e. The molecule has 1 unspecified atom stereocenters. The van der Waals surface area contributed by atoms with Gasteiger partial charge in [-0.15, -0.1) is 3.97 Å². The quantitative estimate of drug-likeness (QED) is 0.288. The van der Waals surface area contributed by atoms with Crippen molar-refractivity contribution in [2.24, 2.45) is 0 Å². The predicted molar refractivity (Wildman–Crippen MR) is 144 cm³/mol. The van der Waals surface area contributed by atoms with Crippen LogP contribution in [0.4, 0.5) is 4.79 Å². The minimum absolute atomic E-state index is 0.0562. The van der Waals surface area contributed by atoms with Crippen molar-refractivity contribution in [3.8, 4) is 0 Å². The van der Waals surface area contributed by atoms with Crippen LogP contribution in [-0.2, 0) is 25.3 Å². The average molecular weight is 521 g/mol. The number of benzene rings is 1. The molecule has 3 aliphatic carbocycles. The fraction of sp³-hybridized carbons (Fsp3) is 0.464. The Morgan fingerprint density at radius 2 is 1.65 bits per heavy atom. The number of ether oxygens (including phenoxy) is 1. The number of nitrogens with one attached hydrogen (secondary N) is 1. The summed E-state index contributed by atoms with van der Waals surface area (Å²) in [5.41, 5.74) is 2.92. The van der Waals surface area contributed by atoms with Gasteiger partial charge in [0.05, 0.1) is 29.6 Å². The maximum absolute atomic E-state index is 13.4. The topological polar surface area (TPSA) is 90.5 Å². The molecule has 2 bridgehead atoms. The third-order valence-corrected chi connectivity index (χ3v) is 9.56. The molecule has 0 spiro atoms. The van der Waals surface area contributed by atoms with Crippen LogP contribution >= 0.6 is 0 Å². The van der Waals surface area contributed by atoms with Gasteiger partial charge in [0.15, 0.2) is 4.90 Å². The van der Waals surface area contributed by atoms with Gasteiger partial charge in [-0.2, -0.15) is 0 Å². The molecule has 4 aromatic rings. The highest BCUT2D eigenvalue weighted by atomic mass is 32.2. The number of thiol groups is 1. The molecule has 3 aromatic heterocycles. The van der Waals surface area contributed by atoms with Gasteiger partial charge in [0, 0.05) is 11.0 Å². The average Bonchev–Trinajstić information content (AvgIpc) is 3.48. The zero-order chi connectivity index (χ0) is 26.0. The van der Waals surface area contributed by atoms with E-state index in [2.05, 4.69) is 14.7 Å². The third-order valence-electron chi connectivity index (χ3n) is 8.11. The number of nitrogens with zero attached hydrogens (tertiary/aromatic N) is 4. The number of imidazole rings is 1. The molecule has 1 atom stereocenters. The Labute approximate surface area is 219 Å². The highest BCUT2D eigenvalue weighted by Crippen LogP contribution is 2.53. The van der Waals surface area contributed by atoms with Crippen LogP contribution in [0.25, 0.3) is 16.7 Å². The molecule has 37 heavy (non-hydrogen) atoms. The monoisotopic (exact) mass is 520 g/mol. The first-order valence-corrected chi connectivity index (χ1v) is 14.2. The SMILES string of the molecule is Cc1ccc([SH+](=O)n2ccc3c2ncc2cnc(C45CCC(NC(=O)OC(C)(C)C)(CC4)CC5)n23)cc1. The second-order valence-electron chi connectivity index (χ2n) is 11.8. The molecule has 0 radical (unpaired) electrons. The molecule has 1 aromatic carbocycles. The van der Waals surface area contributed by atoms with Crippen molar-refractivity contribution in [1.29, 1.82) is 0 Å². The van der Waals surface area contributed by atoms with E-state index >= 15 is 0 Å². The third kappa shape index (κ3) is 4.13. The Kier molecular flexibility index (Phi) is 5.49. The minimum atomic E-state index is -1.83. The number of alkyl carbamates (subject to hydrolysis) is 1. The molecule has 7 rings (SSSR count). The molecular formula is C28H34N5O3S+. The number of aromatic nitrogens is 4. The lowest BCUT2D eigenvalue weighted by Gasteiger charge is -2.52. The van der Waals surface area contributed by atoms with E-state index in [-0.39, 0.29) is 17.0 Å². The van der Waals surface area contributed by atoms with Crippen LogP contribution in [-0.4, -0.2) is 35.6 Å². The highest BCUT2D eigenvalue weighted by Gasteiger charge is 2.52. The zero-order valence-corrected chi connectivity index (χ0v) is 22.7. The maximum atomic E-state index is 13.4. The second kappa shape index (κ2) is 8.41. The summed E-state index contributed by atoms with van der Waals surface area (Å²) in [6, 6.07) is 9.80. The van der Waals surface area contributed by atoms with Crippen LogP contribution in [0.5, 0.6) is 0 Å². The van der Waals surface area contributed by atoms with Gasteiger partial charge >= 0.3 is 6.09 Å². The lowest BCUT2D eigenvalue weighted by molar-refractivity contribution is 0.0247. The first-order valence-electron chi connectivity index (χ1n) is 13.0. The molecule has 8 nitrogen and oxygen atoms in total. The van der Waals surface area contributed by atoms with E-state index in [9.17, 15) is 9.00 Å². The van der Waals surface area contributed by atoms with E-state index < -0.39 is 16.6 Å². The summed E-state index contributed by atoms with van der Waals surface area (Å²) in [4.78, 5) is 22.9. The van der Waals surface area contributed by atoms with Gasteiger partial charge in [-0.05, 0) is 84.4 Å². The van der Waals surface area contributed by atoms with Crippen molar-refractivity contribution in [2.75, 3.05) is 0 Å². The van der Waals surface area contributed by atoms with Crippen LogP contribution < -0.4 is 5.32 Å². The fourth-order valence-corrected chi connectivity index (χ4v) is 7.25. The normalized spacial score (nSPS) is 24.4. The summed E-state index contributed by atoms with van der Waals surface area (Å²) in [6.07, 6.45) is 10.8. The van der Waals surface area contributed by atoms with Crippen molar-refractivity contribution in [3.05, 3.63) is 60.3 Å². The van der Waals surface area contributed by atoms with E-state index in [1.54, 1.807) is 3.97 Å². The number of aryl methyl sites for hydroxylation is 1. The van der Waals surface area contributed by atoms with Gasteiger partial charge in [-0.1, -0.05) is 21.9 Å². The van der Waals surface area contributed by atoms with Crippen molar-refractivity contribution < 1.29 is 13.7 Å². The van der Waals surface area contributed by atoms with Gasteiger partial charge in [0.1, 0.15) is 11.4 Å². The highest BCUT2D eigenvalue weighted by molar-refractivity contribution is 7.83. The Balaban J connectivity index is 1.31. The van der Waals surface area contributed by atoms with Crippen LogP contribution in [0.3, 0.4) is 0 Å². The predicted octanol–water partition coefficient (Wildman–Crippen LogP) is 5.38. The van der Waals surface area contributed by atoms with Gasteiger partial charge < -0.3 is 10.1 Å². The van der Waals surface area contributed by atoms with E-state index in [1.165, 1.54) is 0 Å². The first-order chi connectivity index (χ1) is 17.6. The molecule has 3 saturated carbocycles. The van der Waals surface area contributed by atoms with E-state index in [4.69, 9.17) is 9.72 Å². The summed E-state index contributed by atoms with van der Waals surface area (Å²) in [5, 5.41) is 3.21. The van der Waals surface area contributed by atoms with E-state index in [0.29, 0.717) is 5.65 Å². The van der Waals surface area contributed by atoms with E-state index in [0.717, 1.165) is 65.8 Å². The first kappa shape index (κ1) is 24.2. The Morgan fingerprint density at radius 1 is 1.00 bits per heavy atom. The van der Waals surface area contributed by atoms with Gasteiger partial charge in [-0.3, -0.25) is 4.40 Å². The molecule has 3 fully saturated rings. The molecule has 1 amide bonds. The molecular weight excluding hydrogens is 486 g/mol. The lowest BCUT2D eigenvalue weighted by Crippen LogP contribution is -2.58. The number of hydrogen-bond donors (Lipinski definition) is 1. The van der Waals surface area contributed by atoms with E-state index in [1.807, 2.05) is 76.6 Å². The summed E-state index contributed by atoms with van der Waals surface area (Å²) < 4.78 is 23.0. The largest absolute Gasteiger partial charge is 0.444 e. The lowest BCUT2D eigenvalue weighted by atomic mass is 9.57. The van der Waals surface area contributed by atoms with Gasteiger partial charge in [-0.25, -0.2) is 14.8 Å². The molecule has 1 N–H and O–H groups in total. The second-order valence-corrected chi connectivity index (χ2v) is 13.3. The summed E-state index contributed by atoms with van der Waals surface area (Å²) in [7, 11) is -1.83. The number of carbonyl (C=O) groups is 1. The van der Waals surface area contributed by atoms with Crippen molar-refractivity contribution in [2.45, 2.75) is 87.7 Å². The van der Waals surface area contributed by atoms with Crippen molar-refractivity contribution >= 4 is 33.8 Å². The van der Waals surface area contributed by atoms with Crippen LogP contribution in [0, 0.1) is 6.92 Å². The van der Waals surface area contributed by atoms with Crippen molar-refractivity contribution in [1.82, 2.24) is 23.7 Å². The van der Waals surface area contributed by atoms with Gasteiger partial charge in [0.2, 0.25) is 16.6 Å². The molecule has 3 heterocycles.